The highest BCUT2D eigenvalue weighted by Crippen LogP contribution is 2.17. The van der Waals surface area contributed by atoms with Crippen LogP contribution in [0.3, 0.4) is 0 Å². The Morgan fingerprint density at radius 2 is 2.24 bits per heavy atom. The summed E-state index contributed by atoms with van der Waals surface area (Å²) in [5, 5.41) is 9.05. The van der Waals surface area contributed by atoms with Gasteiger partial charge in [0.05, 0.1) is 31.2 Å². The van der Waals surface area contributed by atoms with Crippen molar-refractivity contribution in [1.29, 1.82) is 0 Å². The van der Waals surface area contributed by atoms with Crippen molar-refractivity contribution < 1.29 is 5.11 Å². The lowest BCUT2D eigenvalue weighted by Crippen LogP contribution is -2.34. The molecule has 0 amide bonds. The lowest BCUT2D eigenvalue weighted by atomic mass is 10.3. The summed E-state index contributed by atoms with van der Waals surface area (Å²) in [6, 6.07) is 0. The molecule has 6 nitrogen and oxygen atoms in total. The Hall–Kier alpha value is -1.95. The Labute approximate surface area is 98.6 Å². The van der Waals surface area contributed by atoms with Gasteiger partial charge in [-0.15, -0.1) is 0 Å². The van der Waals surface area contributed by atoms with Crippen LogP contribution in [-0.2, 0) is 19.7 Å². The standard InChI is InChI=1S/C11H13N5O/c17-8-9-5-12-6-10(14-9)16-4-3-15-2-1-13-11(15)7-16/h1-2,5-6,17H,3-4,7-8H2. The van der Waals surface area contributed by atoms with Crippen LogP contribution < -0.4 is 4.90 Å². The summed E-state index contributed by atoms with van der Waals surface area (Å²) < 4.78 is 2.14. The van der Waals surface area contributed by atoms with Crippen molar-refractivity contribution in [3.8, 4) is 0 Å². The molecule has 0 fully saturated rings. The molecule has 0 saturated heterocycles. The van der Waals surface area contributed by atoms with Crippen LogP contribution in [0.1, 0.15) is 11.5 Å². The average molecular weight is 231 g/mol. The van der Waals surface area contributed by atoms with E-state index in [9.17, 15) is 0 Å². The maximum absolute atomic E-state index is 9.05. The minimum Gasteiger partial charge on any atom is -0.390 e. The zero-order valence-corrected chi connectivity index (χ0v) is 9.32. The molecule has 0 saturated carbocycles. The first-order valence-corrected chi connectivity index (χ1v) is 5.53. The SMILES string of the molecule is OCc1cncc(N2CCn3ccnc3C2)n1. The summed E-state index contributed by atoms with van der Waals surface area (Å²) in [4.78, 5) is 14.8. The third-order valence-electron chi connectivity index (χ3n) is 2.90. The third-order valence-corrected chi connectivity index (χ3v) is 2.90. The van der Waals surface area contributed by atoms with Crippen molar-refractivity contribution in [3.05, 3.63) is 36.3 Å². The van der Waals surface area contributed by atoms with Gasteiger partial charge in [-0.1, -0.05) is 0 Å². The van der Waals surface area contributed by atoms with E-state index in [1.807, 2.05) is 12.4 Å². The number of aromatic nitrogens is 4. The monoisotopic (exact) mass is 231 g/mol. The van der Waals surface area contributed by atoms with Gasteiger partial charge in [-0.25, -0.2) is 9.97 Å². The molecule has 1 N–H and O–H groups in total. The molecule has 1 aliphatic heterocycles. The van der Waals surface area contributed by atoms with Gasteiger partial charge in [0.25, 0.3) is 0 Å². The second kappa shape index (κ2) is 4.14. The summed E-state index contributed by atoms with van der Waals surface area (Å²) in [5.74, 6) is 1.83. The fraction of sp³-hybridized carbons (Fsp3) is 0.364. The maximum Gasteiger partial charge on any atom is 0.147 e. The first-order chi connectivity index (χ1) is 8.36. The lowest BCUT2D eigenvalue weighted by molar-refractivity contribution is 0.276. The first kappa shape index (κ1) is 10.2. The Kier molecular flexibility index (Phi) is 2.49. The molecule has 3 heterocycles. The van der Waals surface area contributed by atoms with E-state index in [0.717, 1.165) is 31.3 Å². The number of hydrogen-bond donors (Lipinski definition) is 1. The maximum atomic E-state index is 9.05. The van der Waals surface area contributed by atoms with Crippen LogP contribution in [-0.4, -0.2) is 31.2 Å². The molecule has 0 atom stereocenters. The minimum absolute atomic E-state index is 0.0801. The fourth-order valence-electron chi connectivity index (χ4n) is 1.99. The van der Waals surface area contributed by atoms with Gasteiger partial charge in [0.2, 0.25) is 0 Å². The quantitative estimate of drug-likeness (QED) is 0.799. The Morgan fingerprint density at radius 3 is 3.12 bits per heavy atom. The molecule has 0 bridgehead atoms. The van der Waals surface area contributed by atoms with Gasteiger partial charge in [-0.3, -0.25) is 4.98 Å². The van der Waals surface area contributed by atoms with E-state index in [4.69, 9.17) is 5.11 Å². The van der Waals surface area contributed by atoms with Crippen molar-refractivity contribution in [1.82, 2.24) is 19.5 Å². The molecule has 0 radical (unpaired) electrons. The van der Waals surface area contributed by atoms with E-state index in [1.165, 1.54) is 0 Å². The number of anilines is 1. The molecule has 17 heavy (non-hydrogen) atoms. The number of hydrogen-bond acceptors (Lipinski definition) is 5. The van der Waals surface area contributed by atoms with E-state index in [-0.39, 0.29) is 6.61 Å². The molecule has 0 spiro atoms. The number of nitrogens with zero attached hydrogens (tertiary/aromatic N) is 5. The zero-order chi connectivity index (χ0) is 11.7. The van der Waals surface area contributed by atoms with Gasteiger partial charge in [0.15, 0.2) is 0 Å². The van der Waals surface area contributed by atoms with Gasteiger partial charge in [0.1, 0.15) is 11.6 Å². The second-order valence-electron chi connectivity index (χ2n) is 3.99. The summed E-state index contributed by atoms with van der Waals surface area (Å²) >= 11 is 0. The lowest BCUT2D eigenvalue weighted by Gasteiger charge is -2.28. The van der Waals surface area contributed by atoms with Crippen LogP contribution in [0.5, 0.6) is 0 Å². The van der Waals surface area contributed by atoms with Crippen LogP contribution in [0, 0.1) is 0 Å². The molecule has 1 aliphatic rings. The molecule has 88 valence electrons. The molecule has 0 unspecified atom stereocenters. The molecule has 6 heteroatoms. The van der Waals surface area contributed by atoms with Crippen LogP contribution in [0.2, 0.25) is 0 Å². The predicted octanol–water partition coefficient (Wildman–Crippen LogP) is 0.186. The highest BCUT2D eigenvalue weighted by molar-refractivity contribution is 5.37. The highest BCUT2D eigenvalue weighted by atomic mass is 16.3. The topological polar surface area (TPSA) is 67.1 Å². The van der Waals surface area contributed by atoms with Crippen LogP contribution in [0.15, 0.2) is 24.8 Å². The van der Waals surface area contributed by atoms with Gasteiger partial charge >= 0.3 is 0 Å². The van der Waals surface area contributed by atoms with Gasteiger partial charge in [-0.2, -0.15) is 0 Å². The Bertz CT molecular complexity index is 524. The van der Waals surface area contributed by atoms with Gasteiger partial charge < -0.3 is 14.6 Å². The van der Waals surface area contributed by atoms with Gasteiger partial charge in [-0.05, 0) is 0 Å². The molecule has 0 aliphatic carbocycles. The molecule has 3 rings (SSSR count). The van der Waals surface area contributed by atoms with E-state index in [1.54, 1.807) is 12.4 Å². The highest BCUT2D eigenvalue weighted by Gasteiger charge is 2.18. The van der Waals surface area contributed by atoms with Crippen LogP contribution in [0.25, 0.3) is 0 Å². The van der Waals surface area contributed by atoms with E-state index < -0.39 is 0 Å². The number of aliphatic hydroxyl groups is 1. The smallest absolute Gasteiger partial charge is 0.147 e. The second-order valence-corrected chi connectivity index (χ2v) is 3.99. The molecule has 2 aromatic heterocycles. The first-order valence-electron chi connectivity index (χ1n) is 5.53. The minimum atomic E-state index is -0.0801. The summed E-state index contributed by atoms with van der Waals surface area (Å²) in [7, 11) is 0. The number of aliphatic hydroxyl groups excluding tert-OH is 1. The zero-order valence-electron chi connectivity index (χ0n) is 9.32. The molecular weight excluding hydrogens is 218 g/mol. The van der Waals surface area contributed by atoms with Crippen molar-refractivity contribution in [2.45, 2.75) is 19.7 Å². The van der Waals surface area contributed by atoms with E-state index in [0.29, 0.717) is 5.69 Å². The van der Waals surface area contributed by atoms with Crippen molar-refractivity contribution >= 4 is 5.82 Å². The number of rotatable bonds is 2. The Morgan fingerprint density at radius 1 is 1.29 bits per heavy atom. The number of imidazole rings is 1. The normalized spacial score (nSPS) is 14.8. The van der Waals surface area contributed by atoms with E-state index in [2.05, 4.69) is 24.4 Å². The van der Waals surface area contributed by atoms with Gasteiger partial charge in [0, 0.05) is 25.5 Å². The third kappa shape index (κ3) is 1.87. The molecule has 2 aromatic rings. The summed E-state index contributed by atoms with van der Waals surface area (Å²) in [5.41, 5.74) is 0.594. The largest absolute Gasteiger partial charge is 0.390 e. The summed E-state index contributed by atoms with van der Waals surface area (Å²) in [6.45, 7) is 2.44. The van der Waals surface area contributed by atoms with Crippen LogP contribution in [0.4, 0.5) is 5.82 Å². The van der Waals surface area contributed by atoms with Crippen molar-refractivity contribution in [3.63, 3.8) is 0 Å². The van der Waals surface area contributed by atoms with Crippen molar-refractivity contribution in [2.24, 2.45) is 0 Å². The van der Waals surface area contributed by atoms with Crippen molar-refractivity contribution in [2.75, 3.05) is 11.4 Å². The fourth-order valence-corrected chi connectivity index (χ4v) is 1.99. The summed E-state index contributed by atoms with van der Waals surface area (Å²) in [6.07, 6.45) is 7.10. The molecule has 0 aromatic carbocycles. The average Bonchev–Trinajstić information content (AvgIpc) is 2.86. The van der Waals surface area contributed by atoms with E-state index >= 15 is 0 Å². The van der Waals surface area contributed by atoms with Crippen LogP contribution >= 0.6 is 0 Å². The number of fused-ring (bicyclic) bond motifs is 1. The molecular formula is C11H13N5O. The Balaban J connectivity index is 1.86. The predicted molar refractivity (Wildman–Crippen MR) is 61.2 cm³/mol.